The molecule has 0 amide bonds. The van der Waals surface area contributed by atoms with E-state index < -0.39 is 4.87 Å². The number of fused-ring (bicyclic) bond motifs is 4. The van der Waals surface area contributed by atoms with Gasteiger partial charge in [-0.25, -0.2) is 0 Å². The summed E-state index contributed by atoms with van der Waals surface area (Å²) in [6.07, 6.45) is 4.74. The molecule has 0 aliphatic carbocycles. The number of Topliss-reactive ketones (excluding diaryl/α,β-unsaturated/α-hetero) is 1. The summed E-state index contributed by atoms with van der Waals surface area (Å²) in [5, 5.41) is 0.487. The van der Waals surface area contributed by atoms with E-state index in [9.17, 15) is 4.79 Å². The Labute approximate surface area is 169 Å². The summed E-state index contributed by atoms with van der Waals surface area (Å²) in [6.45, 7) is 8.23. The standard InChI is InChI=1S/C10H13Cl2N3S.C8H13NO/c1-6-2-3-7-4-15(6)5-10(7,12)8-9(11)14-16-13-8;1-6-7-3-2-4-9(6)5-8(7)10/h6-7H,2-5H2,1H3;6-7H,2-5H2,1H3. The van der Waals surface area contributed by atoms with Gasteiger partial charge < -0.3 is 0 Å². The average molecular weight is 417 g/mol. The van der Waals surface area contributed by atoms with Gasteiger partial charge in [-0.2, -0.15) is 8.75 Å². The first-order chi connectivity index (χ1) is 12.4. The van der Waals surface area contributed by atoms with E-state index in [1.54, 1.807) is 0 Å². The predicted octanol–water partition coefficient (Wildman–Crippen LogP) is 3.41. The highest BCUT2D eigenvalue weighted by Crippen LogP contribution is 2.49. The lowest BCUT2D eigenvalue weighted by Crippen LogP contribution is -2.35. The number of carbonyl (C=O) groups is 1. The maximum absolute atomic E-state index is 11.2. The molecule has 5 rings (SSSR count). The van der Waals surface area contributed by atoms with Gasteiger partial charge in [0.15, 0.2) is 10.9 Å². The van der Waals surface area contributed by atoms with E-state index in [1.807, 2.05) is 0 Å². The molecule has 4 saturated heterocycles. The van der Waals surface area contributed by atoms with E-state index in [0.717, 1.165) is 56.4 Å². The highest BCUT2D eigenvalue weighted by Gasteiger charge is 2.52. The number of ketones is 1. The van der Waals surface area contributed by atoms with Gasteiger partial charge in [-0.3, -0.25) is 14.6 Å². The molecule has 4 fully saturated rings. The number of hydrogen-bond donors (Lipinski definition) is 0. The zero-order valence-electron chi connectivity index (χ0n) is 15.3. The van der Waals surface area contributed by atoms with Crippen LogP contribution in [-0.2, 0) is 9.67 Å². The Bertz CT molecular complexity index is 686. The monoisotopic (exact) mass is 416 g/mol. The normalized spacial score (nSPS) is 43.9. The summed E-state index contributed by atoms with van der Waals surface area (Å²) in [7, 11) is 0. The molecule has 4 aliphatic heterocycles. The van der Waals surface area contributed by atoms with Gasteiger partial charge in [0.25, 0.3) is 0 Å². The van der Waals surface area contributed by atoms with E-state index in [0.29, 0.717) is 34.9 Å². The number of rotatable bonds is 1. The summed E-state index contributed by atoms with van der Waals surface area (Å²) >= 11 is 14.0. The van der Waals surface area contributed by atoms with Crippen molar-refractivity contribution in [2.45, 2.75) is 56.5 Å². The van der Waals surface area contributed by atoms with Gasteiger partial charge in [0.2, 0.25) is 0 Å². The Morgan fingerprint density at radius 1 is 1.19 bits per heavy atom. The average Bonchev–Trinajstić information content (AvgIpc) is 3.19. The molecule has 144 valence electrons. The molecule has 0 radical (unpaired) electrons. The Morgan fingerprint density at radius 2 is 2.00 bits per heavy atom. The molecule has 1 aromatic heterocycles. The topological polar surface area (TPSA) is 49.3 Å². The number of piperidine rings is 2. The van der Waals surface area contributed by atoms with Crippen molar-refractivity contribution < 1.29 is 4.79 Å². The minimum atomic E-state index is -0.408. The molecule has 5 heterocycles. The number of alkyl halides is 1. The SMILES string of the molecule is CC1C2CCCN1CC2=O.CC1CCC2CN1CC2(Cl)c1nsnc1Cl. The fourth-order valence-electron chi connectivity index (χ4n) is 5.08. The maximum Gasteiger partial charge on any atom is 0.167 e. The summed E-state index contributed by atoms with van der Waals surface area (Å²) in [6, 6.07) is 1.17. The van der Waals surface area contributed by atoms with Crippen LogP contribution in [0.15, 0.2) is 0 Å². The second-order valence-corrected chi connectivity index (χ2v) is 9.81. The molecule has 0 saturated carbocycles. The lowest BCUT2D eigenvalue weighted by Gasteiger charge is -2.29. The van der Waals surface area contributed by atoms with Crippen molar-refractivity contribution in [3.8, 4) is 0 Å². The van der Waals surface area contributed by atoms with Crippen molar-refractivity contribution in [3.63, 3.8) is 0 Å². The maximum atomic E-state index is 11.2. The Hall–Kier alpha value is -0.270. The molecule has 26 heavy (non-hydrogen) atoms. The first-order valence-electron chi connectivity index (χ1n) is 9.58. The first-order valence-corrected chi connectivity index (χ1v) is 11.1. The summed E-state index contributed by atoms with van der Waals surface area (Å²) < 4.78 is 8.33. The fourth-order valence-corrected chi connectivity index (χ4v) is 6.52. The Kier molecular flexibility index (Phi) is 5.34. The van der Waals surface area contributed by atoms with E-state index in [-0.39, 0.29) is 0 Å². The van der Waals surface area contributed by atoms with Gasteiger partial charge in [0.1, 0.15) is 10.6 Å². The van der Waals surface area contributed by atoms with Crippen LogP contribution >= 0.6 is 34.9 Å². The van der Waals surface area contributed by atoms with Gasteiger partial charge in [0.05, 0.1) is 18.3 Å². The first kappa shape index (κ1) is 19.1. The van der Waals surface area contributed by atoms with Crippen molar-refractivity contribution in [2.24, 2.45) is 11.8 Å². The van der Waals surface area contributed by atoms with Crippen molar-refractivity contribution >= 4 is 40.7 Å². The molecular formula is C18H26Cl2N4OS. The van der Waals surface area contributed by atoms with E-state index in [1.165, 1.54) is 12.8 Å². The fraction of sp³-hybridized carbons (Fsp3) is 0.833. The van der Waals surface area contributed by atoms with Crippen LogP contribution in [0.5, 0.6) is 0 Å². The molecule has 7 unspecified atom stereocenters. The third kappa shape index (κ3) is 3.22. The number of nitrogens with zero attached hydrogens (tertiary/aromatic N) is 4. The zero-order valence-corrected chi connectivity index (χ0v) is 17.7. The quantitative estimate of drug-likeness (QED) is 0.656. The van der Waals surface area contributed by atoms with Crippen molar-refractivity contribution in [1.82, 2.24) is 18.5 Å². The summed E-state index contributed by atoms with van der Waals surface area (Å²) in [5.41, 5.74) is 0.794. The van der Waals surface area contributed by atoms with E-state index in [4.69, 9.17) is 23.2 Å². The predicted molar refractivity (Wildman–Crippen MR) is 105 cm³/mol. The smallest absolute Gasteiger partial charge is 0.167 e. The third-order valence-corrected chi connectivity index (χ3v) is 8.32. The molecule has 0 spiro atoms. The van der Waals surface area contributed by atoms with Crippen LogP contribution in [0.3, 0.4) is 0 Å². The lowest BCUT2D eigenvalue weighted by atomic mass is 9.87. The molecule has 4 aliphatic rings. The summed E-state index contributed by atoms with van der Waals surface area (Å²) in [4.78, 5) is 15.6. The van der Waals surface area contributed by atoms with Gasteiger partial charge in [0, 0.05) is 31.1 Å². The molecule has 0 aromatic carbocycles. The lowest BCUT2D eigenvalue weighted by molar-refractivity contribution is -0.119. The van der Waals surface area contributed by atoms with Gasteiger partial charge in [-0.15, -0.1) is 11.6 Å². The van der Waals surface area contributed by atoms with Crippen LogP contribution in [0.4, 0.5) is 0 Å². The van der Waals surface area contributed by atoms with Crippen LogP contribution in [0.2, 0.25) is 5.15 Å². The molecule has 8 heteroatoms. The second-order valence-electron chi connectivity index (χ2n) is 8.24. The molecule has 4 bridgehead atoms. The number of aromatic nitrogens is 2. The van der Waals surface area contributed by atoms with Crippen LogP contribution in [-0.4, -0.2) is 62.6 Å². The molecular weight excluding hydrogens is 391 g/mol. The Morgan fingerprint density at radius 3 is 2.62 bits per heavy atom. The highest BCUT2D eigenvalue weighted by atomic mass is 35.5. The molecule has 5 nitrogen and oxygen atoms in total. The molecule has 0 N–H and O–H groups in total. The summed E-state index contributed by atoms with van der Waals surface area (Å²) in [5.74, 6) is 1.32. The van der Waals surface area contributed by atoms with Gasteiger partial charge in [-0.1, -0.05) is 11.6 Å². The van der Waals surface area contributed by atoms with Crippen molar-refractivity contribution in [3.05, 3.63) is 10.8 Å². The van der Waals surface area contributed by atoms with Gasteiger partial charge >= 0.3 is 0 Å². The van der Waals surface area contributed by atoms with Crippen molar-refractivity contribution in [1.29, 1.82) is 0 Å². The van der Waals surface area contributed by atoms with Crippen LogP contribution < -0.4 is 0 Å². The molecule has 1 aromatic rings. The molecule has 7 atom stereocenters. The van der Waals surface area contributed by atoms with E-state index >= 15 is 0 Å². The van der Waals surface area contributed by atoms with Crippen molar-refractivity contribution in [2.75, 3.05) is 26.2 Å². The van der Waals surface area contributed by atoms with Crippen LogP contribution in [0.25, 0.3) is 0 Å². The number of hydrogen-bond acceptors (Lipinski definition) is 6. The minimum Gasteiger partial charge on any atom is -0.298 e. The van der Waals surface area contributed by atoms with Crippen LogP contribution in [0.1, 0.15) is 45.2 Å². The third-order valence-electron chi connectivity index (χ3n) is 6.82. The number of halogens is 2. The largest absolute Gasteiger partial charge is 0.298 e. The Balaban J connectivity index is 0.000000144. The highest BCUT2D eigenvalue weighted by molar-refractivity contribution is 6.99. The minimum absolute atomic E-state index is 0.383. The number of carbonyl (C=O) groups excluding carboxylic acids is 1. The van der Waals surface area contributed by atoms with Crippen LogP contribution in [0, 0.1) is 11.8 Å². The van der Waals surface area contributed by atoms with Gasteiger partial charge in [-0.05, 0) is 52.0 Å². The second kappa shape index (κ2) is 7.28. The zero-order chi connectivity index (χ0) is 18.5. The van der Waals surface area contributed by atoms with E-state index in [2.05, 4.69) is 32.4 Å².